The number of likely N-dealkylation sites (tertiary alicyclic amines) is 1. The van der Waals surface area contributed by atoms with Crippen molar-refractivity contribution in [3.05, 3.63) is 108 Å². The number of unbranched alkanes of at least 4 members (excludes halogenated alkanes) is 3. The fourth-order valence-corrected chi connectivity index (χ4v) is 8.67. The Balaban J connectivity index is 1.54. The molecule has 7 amide bonds. The summed E-state index contributed by atoms with van der Waals surface area (Å²) in [6, 6.07) is 16.9. The minimum atomic E-state index is -1.48. The van der Waals surface area contributed by atoms with E-state index in [4.69, 9.17) is 22.9 Å². The summed E-state index contributed by atoms with van der Waals surface area (Å²) in [6.45, 7) is 0.292. The van der Waals surface area contributed by atoms with Gasteiger partial charge in [0, 0.05) is 19.4 Å². The van der Waals surface area contributed by atoms with Crippen LogP contribution in [0.25, 0.3) is 0 Å². The SMILES string of the molecule is NCCCC[C@H](NC(=O)[C@H](Cc1ccccc1)NC(=O)[C@@H]1CCCN1C(=O)[C@H](CCCCN)NC(=O)[C@H](CCCCN)NC(=O)[C@H](Cc1ccccc1)NC(=O)[C@H](CO)NC(=O)[C@@H](N)Cc1ccccc1)C(=O)O. The number of rotatable bonds is 33. The standard InChI is InChI=1S/C53H77N11O10/c54-27-13-10-23-39(58-48(68)42(32-36-19-6-2-7-20-36)61-50(70)44(34-65)63-46(66)38(57)31-35-17-4-1-5-18-35)47(67)59-40(24-11-14-28-55)52(72)64-30-16-26-45(64)51(71)62-43(33-37-21-8-3-9-22-37)49(69)60-41(53(73)74)25-12-15-29-56/h1-9,17-22,38-45,65H,10-16,23-34,54-57H2,(H,58,68)(H,59,67)(H,60,69)(H,61,70)(H,62,71)(H,63,66)(H,73,74)/t38-,39-,40-,41-,42-,43-,44-,45-/m0/s1. The molecule has 0 unspecified atom stereocenters. The molecular formula is C53H77N11O10. The molecule has 0 aliphatic carbocycles. The summed E-state index contributed by atoms with van der Waals surface area (Å²) < 4.78 is 0. The number of carbonyl (C=O) groups excluding carboxylic acids is 7. The van der Waals surface area contributed by atoms with Gasteiger partial charge in [-0.2, -0.15) is 0 Å². The van der Waals surface area contributed by atoms with Crippen LogP contribution in [0.1, 0.15) is 87.3 Å². The van der Waals surface area contributed by atoms with Crippen LogP contribution in [0.15, 0.2) is 91.0 Å². The van der Waals surface area contributed by atoms with Crippen molar-refractivity contribution in [3.8, 4) is 0 Å². The molecule has 0 saturated carbocycles. The van der Waals surface area contributed by atoms with Crippen LogP contribution in [0.5, 0.6) is 0 Å². The van der Waals surface area contributed by atoms with Crippen LogP contribution < -0.4 is 54.8 Å². The number of nitrogens with two attached hydrogens (primary N) is 4. The highest BCUT2D eigenvalue weighted by molar-refractivity contribution is 5.98. The van der Waals surface area contributed by atoms with Crippen LogP contribution in [0.2, 0.25) is 0 Å². The van der Waals surface area contributed by atoms with Crippen molar-refractivity contribution in [1.29, 1.82) is 0 Å². The molecule has 3 aromatic rings. The lowest BCUT2D eigenvalue weighted by atomic mass is 10.0. The number of carbonyl (C=O) groups is 8. The van der Waals surface area contributed by atoms with E-state index >= 15 is 0 Å². The molecule has 21 heteroatoms. The summed E-state index contributed by atoms with van der Waals surface area (Å²) in [6.07, 6.45) is 4.01. The second-order valence-electron chi connectivity index (χ2n) is 18.6. The first-order valence-corrected chi connectivity index (χ1v) is 25.6. The summed E-state index contributed by atoms with van der Waals surface area (Å²) in [5.74, 6) is -6.19. The molecule has 0 spiro atoms. The maximum atomic E-state index is 14.6. The summed E-state index contributed by atoms with van der Waals surface area (Å²) in [7, 11) is 0. The van der Waals surface area contributed by atoms with Gasteiger partial charge in [-0.3, -0.25) is 33.6 Å². The number of hydrogen-bond donors (Lipinski definition) is 12. The number of nitrogens with one attached hydrogen (secondary N) is 6. The van der Waals surface area contributed by atoms with E-state index in [1.165, 1.54) is 4.90 Å². The summed E-state index contributed by atoms with van der Waals surface area (Å²) in [5.41, 5.74) is 25.5. The largest absolute Gasteiger partial charge is 0.480 e. The molecule has 1 saturated heterocycles. The number of aliphatic carboxylic acids is 1. The van der Waals surface area contributed by atoms with Gasteiger partial charge in [0.25, 0.3) is 0 Å². The molecule has 0 aromatic heterocycles. The maximum absolute atomic E-state index is 14.6. The average Bonchev–Trinajstić information content (AvgIpc) is 3.90. The zero-order valence-corrected chi connectivity index (χ0v) is 42.1. The lowest BCUT2D eigenvalue weighted by Crippen LogP contribution is -2.60. The zero-order chi connectivity index (χ0) is 53.8. The van der Waals surface area contributed by atoms with Crippen LogP contribution in [0, 0.1) is 0 Å². The minimum Gasteiger partial charge on any atom is -0.480 e. The lowest BCUT2D eigenvalue weighted by Gasteiger charge is -2.31. The fourth-order valence-electron chi connectivity index (χ4n) is 8.67. The third-order valence-corrected chi connectivity index (χ3v) is 12.8. The second-order valence-corrected chi connectivity index (χ2v) is 18.6. The Morgan fingerprint density at radius 3 is 1.38 bits per heavy atom. The number of carboxylic acids is 1. The van der Waals surface area contributed by atoms with E-state index in [2.05, 4.69) is 31.9 Å². The first-order chi connectivity index (χ1) is 35.7. The maximum Gasteiger partial charge on any atom is 0.326 e. The predicted octanol–water partition coefficient (Wildman–Crippen LogP) is -0.595. The van der Waals surface area contributed by atoms with E-state index in [9.17, 15) is 48.6 Å². The minimum absolute atomic E-state index is 0.0294. The van der Waals surface area contributed by atoms with Gasteiger partial charge < -0.3 is 69.9 Å². The molecular weight excluding hydrogens is 951 g/mol. The van der Waals surface area contributed by atoms with Crippen molar-refractivity contribution >= 4 is 47.3 Å². The van der Waals surface area contributed by atoms with Gasteiger partial charge in [-0.05, 0) is 113 Å². The molecule has 16 N–H and O–H groups in total. The van der Waals surface area contributed by atoms with Crippen molar-refractivity contribution in [2.75, 3.05) is 32.8 Å². The Hall–Kier alpha value is -6.78. The number of hydrogen-bond acceptors (Lipinski definition) is 13. The number of amides is 7. The van der Waals surface area contributed by atoms with Gasteiger partial charge in [-0.1, -0.05) is 91.0 Å². The Morgan fingerprint density at radius 1 is 0.500 bits per heavy atom. The van der Waals surface area contributed by atoms with Gasteiger partial charge in [0.2, 0.25) is 41.4 Å². The highest BCUT2D eigenvalue weighted by Crippen LogP contribution is 2.21. The lowest BCUT2D eigenvalue weighted by molar-refractivity contribution is -0.144. The molecule has 74 heavy (non-hydrogen) atoms. The van der Waals surface area contributed by atoms with Crippen LogP contribution >= 0.6 is 0 Å². The van der Waals surface area contributed by atoms with E-state index in [0.717, 1.165) is 5.56 Å². The monoisotopic (exact) mass is 1030 g/mol. The van der Waals surface area contributed by atoms with Gasteiger partial charge in [-0.25, -0.2) is 4.79 Å². The van der Waals surface area contributed by atoms with E-state index in [0.29, 0.717) is 75.7 Å². The number of aliphatic hydroxyl groups is 1. The number of benzene rings is 3. The Kier molecular flexibility index (Phi) is 26.2. The smallest absolute Gasteiger partial charge is 0.326 e. The van der Waals surface area contributed by atoms with E-state index < -0.39 is 102 Å². The molecule has 8 atom stereocenters. The fraction of sp³-hybridized carbons (Fsp3) is 0.509. The molecule has 1 fully saturated rings. The zero-order valence-electron chi connectivity index (χ0n) is 42.1. The third-order valence-electron chi connectivity index (χ3n) is 12.8. The number of aliphatic hydroxyl groups excluding tert-OH is 1. The predicted molar refractivity (Wildman–Crippen MR) is 278 cm³/mol. The molecule has 0 bridgehead atoms. The molecule has 21 nitrogen and oxygen atoms in total. The molecule has 3 aromatic carbocycles. The van der Waals surface area contributed by atoms with Gasteiger partial charge in [0.15, 0.2) is 0 Å². The molecule has 1 heterocycles. The summed E-state index contributed by atoms with van der Waals surface area (Å²) >= 11 is 0. The molecule has 1 aliphatic heterocycles. The van der Waals surface area contributed by atoms with Crippen molar-refractivity contribution in [1.82, 2.24) is 36.8 Å². The first kappa shape index (κ1) is 59.8. The topological polar surface area (TPSA) is 357 Å². The third kappa shape index (κ3) is 19.9. The van der Waals surface area contributed by atoms with Crippen molar-refractivity contribution in [2.45, 2.75) is 138 Å². The molecule has 4 rings (SSSR count). The Labute approximate surface area is 433 Å². The molecule has 404 valence electrons. The van der Waals surface area contributed by atoms with Gasteiger partial charge >= 0.3 is 5.97 Å². The summed E-state index contributed by atoms with van der Waals surface area (Å²) in [5, 5.41) is 36.2. The van der Waals surface area contributed by atoms with Gasteiger partial charge in [-0.15, -0.1) is 0 Å². The second kappa shape index (κ2) is 32.4. The number of carboxylic acid groups (broad SMARTS) is 1. The highest BCUT2D eigenvalue weighted by Gasteiger charge is 2.40. The van der Waals surface area contributed by atoms with Crippen molar-refractivity contribution < 1.29 is 48.6 Å². The molecule has 1 aliphatic rings. The summed E-state index contributed by atoms with van der Waals surface area (Å²) in [4.78, 5) is 112. The first-order valence-electron chi connectivity index (χ1n) is 25.6. The normalized spacial score (nSPS) is 16.0. The van der Waals surface area contributed by atoms with E-state index in [-0.39, 0.29) is 51.5 Å². The Morgan fingerprint density at radius 2 is 0.892 bits per heavy atom. The van der Waals surface area contributed by atoms with Crippen LogP contribution in [-0.2, 0) is 57.6 Å². The number of nitrogens with zero attached hydrogens (tertiary/aromatic N) is 1. The molecule has 0 radical (unpaired) electrons. The quantitative estimate of drug-likeness (QED) is 0.0340. The van der Waals surface area contributed by atoms with Gasteiger partial charge in [0.1, 0.15) is 42.3 Å². The van der Waals surface area contributed by atoms with Crippen molar-refractivity contribution in [3.63, 3.8) is 0 Å². The van der Waals surface area contributed by atoms with Crippen LogP contribution in [-0.4, -0.2) is 144 Å². The Bertz CT molecular complexity index is 2240. The van der Waals surface area contributed by atoms with Crippen LogP contribution in [0.3, 0.4) is 0 Å². The highest BCUT2D eigenvalue weighted by atomic mass is 16.4. The van der Waals surface area contributed by atoms with Crippen molar-refractivity contribution in [2.24, 2.45) is 22.9 Å². The van der Waals surface area contributed by atoms with E-state index in [1.54, 1.807) is 84.9 Å². The van der Waals surface area contributed by atoms with Crippen LogP contribution in [0.4, 0.5) is 0 Å². The average molecular weight is 1030 g/mol. The van der Waals surface area contributed by atoms with E-state index in [1.807, 2.05) is 6.07 Å². The van der Waals surface area contributed by atoms with Gasteiger partial charge in [0.05, 0.1) is 12.6 Å².